The van der Waals surface area contributed by atoms with E-state index < -0.39 is 64.1 Å². The van der Waals surface area contributed by atoms with Gasteiger partial charge in [0.25, 0.3) is 5.92 Å². The minimum absolute atomic E-state index is 0.0206. The SMILES string of the molecule is N#Cc1c(Cl)nc2c(cnn2[C@@H]2O[C@H](COCP(=O)(O)O)[C@@H](O)[C@H]2O)c1N1CC(F)(F)C1. The maximum absolute atomic E-state index is 13.4. The van der Waals surface area contributed by atoms with Crippen molar-refractivity contribution in [3.05, 3.63) is 16.9 Å². The number of anilines is 1. The first-order valence-corrected chi connectivity index (χ1v) is 11.3. The van der Waals surface area contributed by atoms with Gasteiger partial charge in [-0.05, 0) is 0 Å². The van der Waals surface area contributed by atoms with E-state index in [1.165, 1.54) is 11.1 Å². The van der Waals surface area contributed by atoms with Gasteiger partial charge in [0.1, 0.15) is 36.3 Å². The van der Waals surface area contributed by atoms with E-state index in [4.69, 9.17) is 30.9 Å². The number of aromatic nitrogens is 3. The van der Waals surface area contributed by atoms with Gasteiger partial charge in [-0.2, -0.15) is 10.4 Å². The van der Waals surface area contributed by atoms with Gasteiger partial charge in [-0.25, -0.2) is 18.4 Å². The summed E-state index contributed by atoms with van der Waals surface area (Å²) in [6.45, 7) is -1.68. The summed E-state index contributed by atoms with van der Waals surface area (Å²) in [5, 5.41) is 34.1. The molecule has 0 unspecified atom stereocenters. The molecule has 2 aromatic rings. The lowest BCUT2D eigenvalue weighted by Gasteiger charge is -2.41. The average molecular weight is 496 g/mol. The molecule has 0 saturated carbocycles. The normalized spacial score (nSPS) is 27.5. The summed E-state index contributed by atoms with van der Waals surface area (Å²) in [5.41, 5.74) is 0.0346. The zero-order valence-electron chi connectivity index (χ0n) is 16.0. The van der Waals surface area contributed by atoms with Crippen molar-refractivity contribution >= 4 is 35.9 Å². The molecule has 16 heteroatoms. The molecule has 12 nitrogen and oxygen atoms in total. The fourth-order valence-corrected chi connectivity index (χ4v) is 4.21. The number of hydrogen-bond acceptors (Lipinski definition) is 9. The fraction of sp³-hybridized carbons (Fsp3) is 0.562. The quantitative estimate of drug-likeness (QED) is 0.318. The number of nitrogens with zero attached hydrogens (tertiary/aromatic N) is 5. The summed E-state index contributed by atoms with van der Waals surface area (Å²) in [6.07, 6.45) is -5.11. The molecule has 4 N–H and O–H groups in total. The Balaban J connectivity index is 1.65. The molecule has 174 valence electrons. The number of nitriles is 1. The summed E-state index contributed by atoms with van der Waals surface area (Å²) in [6, 6.07) is 1.85. The number of hydrogen-bond donors (Lipinski definition) is 4. The van der Waals surface area contributed by atoms with E-state index in [1.54, 1.807) is 0 Å². The molecule has 4 rings (SSSR count). The van der Waals surface area contributed by atoms with Crippen molar-refractivity contribution in [1.29, 1.82) is 5.26 Å². The highest BCUT2D eigenvalue weighted by Gasteiger charge is 2.47. The monoisotopic (exact) mass is 495 g/mol. The van der Waals surface area contributed by atoms with Crippen LogP contribution in [-0.2, 0) is 14.0 Å². The summed E-state index contributed by atoms with van der Waals surface area (Å²) in [4.78, 5) is 23.1. The van der Waals surface area contributed by atoms with Crippen molar-refractivity contribution in [2.45, 2.75) is 30.5 Å². The van der Waals surface area contributed by atoms with Crippen LogP contribution in [0.1, 0.15) is 11.8 Å². The number of pyridine rings is 1. The third kappa shape index (κ3) is 4.18. The van der Waals surface area contributed by atoms with Gasteiger partial charge >= 0.3 is 7.60 Å². The van der Waals surface area contributed by atoms with E-state index in [-0.39, 0.29) is 27.4 Å². The average Bonchev–Trinajstić information content (AvgIpc) is 3.19. The van der Waals surface area contributed by atoms with Crippen LogP contribution in [0.4, 0.5) is 14.5 Å². The molecule has 32 heavy (non-hydrogen) atoms. The van der Waals surface area contributed by atoms with Crippen molar-refractivity contribution < 1.29 is 42.8 Å². The lowest BCUT2D eigenvalue weighted by atomic mass is 10.1. The second-order valence-corrected chi connectivity index (χ2v) is 9.43. The molecule has 0 amide bonds. The van der Waals surface area contributed by atoms with Crippen LogP contribution < -0.4 is 4.90 Å². The molecule has 0 bridgehead atoms. The van der Waals surface area contributed by atoms with Crippen molar-refractivity contribution in [3.63, 3.8) is 0 Å². The summed E-state index contributed by atoms with van der Waals surface area (Å²) in [5.74, 6) is -2.92. The lowest BCUT2D eigenvalue weighted by molar-refractivity contribution is -0.0658. The van der Waals surface area contributed by atoms with Gasteiger partial charge < -0.3 is 34.4 Å². The maximum atomic E-state index is 13.4. The van der Waals surface area contributed by atoms with Crippen LogP contribution in [0.5, 0.6) is 0 Å². The number of halogens is 3. The topological polar surface area (TPSA) is 174 Å². The van der Waals surface area contributed by atoms with Gasteiger partial charge in [-0.15, -0.1) is 0 Å². The Hall–Kier alpha value is -1.95. The van der Waals surface area contributed by atoms with Crippen LogP contribution in [0.2, 0.25) is 5.15 Å². The summed E-state index contributed by atoms with van der Waals surface area (Å²) >= 11 is 6.11. The van der Waals surface area contributed by atoms with Crippen LogP contribution in [0.15, 0.2) is 6.20 Å². The lowest BCUT2D eigenvalue weighted by Crippen LogP contribution is -2.56. The van der Waals surface area contributed by atoms with E-state index in [0.717, 1.165) is 4.68 Å². The van der Waals surface area contributed by atoms with E-state index >= 15 is 0 Å². The zero-order valence-corrected chi connectivity index (χ0v) is 17.7. The van der Waals surface area contributed by atoms with Crippen LogP contribution in [0, 0.1) is 11.3 Å². The third-order valence-corrected chi connectivity index (χ3v) is 5.86. The Bertz CT molecular complexity index is 1130. The minimum atomic E-state index is -4.44. The van der Waals surface area contributed by atoms with Gasteiger partial charge in [-0.1, -0.05) is 11.6 Å². The molecule has 4 atom stereocenters. The largest absolute Gasteiger partial charge is 0.387 e. The Morgan fingerprint density at radius 2 is 2.06 bits per heavy atom. The van der Waals surface area contributed by atoms with Crippen molar-refractivity contribution in [2.24, 2.45) is 0 Å². The smallest absolute Gasteiger partial charge is 0.350 e. The standard InChI is InChI=1S/C16H17ClF2N5O7P/c17-13-7(1-20)10(23-4-16(18,19)5-23)8-2-21-24(14(8)22-13)15-12(26)11(25)9(31-15)3-30-6-32(27,28)29/h2,9,11-12,15,25-26H,3-6H2,(H2,27,28,29)/t9-,11-,12-,15-/m1/s1. The Morgan fingerprint density at radius 1 is 1.38 bits per heavy atom. The van der Waals surface area contributed by atoms with Gasteiger partial charge in [0, 0.05) is 0 Å². The van der Waals surface area contributed by atoms with E-state index in [2.05, 4.69) is 10.1 Å². The molecular weight excluding hydrogens is 479 g/mol. The van der Waals surface area contributed by atoms with Gasteiger partial charge in [0.05, 0.1) is 37.0 Å². The molecule has 2 fully saturated rings. The first-order chi connectivity index (χ1) is 14.9. The summed E-state index contributed by atoms with van der Waals surface area (Å²) in [7, 11) is -4.44. The molecule has 4 heterocycles. The highest BCUT2D eigenvalue weighted by atomic mass is 35.5. The first-order valence-electron chi connectivity index (χ1n) is 9.15. The van der Waals surface area contributed by atoms with Crippen LogP contribution in [0.3, 0.4) is 0 Å². The van der Waals surface area contributed by atoms with Crippen LogP contribution in [0.25, 0.3) is 11.0 Å². The fourth-order valence-electron chi connectivity index (χ4n) is 3.66. The Morgan fingerprint density at radius 3 is 2.66 bits per heavy atom. The van der Waals surface area contributed by atoms with Crippen LogP contribution in [-0.4, -0.2) is 85.0 Å². The Kier molecular flexibility index (Phi) is 5.89. The molecule has 2 aromatic heterocycles. The minimum Gasteiger partial charge on any atom is -0.387 e. The predicted octanol–water partition coefficient (Wildman–Crippen LogP) is 0.183. The number of fused-ring (bicyclic) bond motifs is 1. The number of aliphatic hydroxyl groups excluding tert-OH is 2. The number of ether oxygens (including phenoxy) is 2. The highest BCUT2D eigenvalue weighted by molar-refractivity contribution is 7.51. The predicted molar refractivity (Wildman–Crippen MR) is 103 cm³/mol. The molecule has 0 radical (unpaired) electrons. The summed E-state index contributed by atoms with van der Waals surface area (Å²) < 4.78 is 49.3. The van der Waals surface area contributed by atoms with E-state index in [9.17, 15) is 28.8 Å². The second kappa shape index (κ2) is 8.12. The van der Waals surface area contributed by atoms with Crippen LogP contribution >= 0.6 is 19.2 Å². The van der Waals surface area contributed by atoms with Gasteiger partial charge in [0.15, 0.2) is 17.0 Å². The second-order valence-electron chi connectivity index (χ2n) is 7.49. The van der Waals surface area contributed by atoms with Gasteiger partial charge in [-0.3, -0.25) is 4.57 Å². The highest BCUT2D eigenvalue weighted by Crippen LogP contribution is 2.41. The van der Waals surface area contributed by atoms with Crippen molar-refractivity contribution in [2.75, 3.05) is 30.9 Å². The molecule has 0 aromatic carbocycles. The molecular formula is C16H17ClF2N5O7P. The zero-order chi connectivity index (χ0) is 23.4. The molecule has 2 aliphatic rings. The number of alkyl halides is 2. The maximum Gasteiger partial charge on any atom is 0.350 e. The number of aliphatic hydroxyl groups is 2. The van der Waals surface area contributed by atoms with Crippen molar-refractivity contribution in [3.8, 4) is 6.07 Å². The third-order valence-electron chi connectivity index (χ3n) is 5.06. The van der Waals surface area contributed by atoms with Gasteiger partial charge in [0.2, 0.25) is 0 Å². The molecule has 2 aliphatic heterocycles. The van der Waals surface area contributed by atoms with E-state index in [1.807, 2.05) is 6.07 Å². The molecule has 0 aliphatic carbocycles. The first kappa shape index (κ1) is 23.2. The number of rotatable bonds is 6. The van der Waals surface area contributed by atoms with E-state index in [0.29, 0.717) is 0 Å². The molecule has 2 saturated heterocycles. The molecule has 0 spiro atoms. The van der Waals surface area contributed by atoms with Crippen molar-refractivity contribution in [1.82, 2.24) is 14.8 Å². The Labute approximate surface area is 183 Å².